The third-order valence-corrected chi connectivity index (χ3v) is 3.50. The van der Waals surface area contributed by atoms with E-state index in [1.165, 1.54) is 6.20 Å². The van der Waals surface area contributed by atoms with E-state index in [9.17, 15) is 9.59 Å². The fraction of sp³-hybridized carbons (Fsp3) is 0.538. The fourth-order valence-corrected chi connectivity index (χ4v) is 2.48. The minimum absolute atomic E-state index is 0.0756. The number of rotatable bonds is 4. The molecule has 1 aliphatic heterocycles. The molecule has 0 saturated carbocycles. The molecule has 1 aromatic rings. The van der Waals surface area contributed by atoms with Crippen LogP contribution in [-0.2, 0) is 9.53 Å². The van der Waals surface area contributed by atoms with Gasteiger partial charge in [0.2, 0.25) is 5.91 Å². The molecule has 19 heavy (non-hydrogen) atoms. The van der Waals surface area contributed by atoms with Crippen molar-refractivity contribution in [3.63, 3.8) is 0 Å². The molecule has 1 fully saturated rings. The second-order valence-electron chi connectivity index (χ2n) is 4.71. The predicted octanol–water partition coefficient (Wildman–Crippen LogP) is 1.77. The van der Waals surface area contributed by atoms with Crippen molar-refractivity contribution in [3.05, 3.63) is 17.5 Å². The molecule has 0 spiro atoms. The first-order valence-corrected chi connectivity index (χ1v) is 6.38. The molecule has 0 aliphatic carbocycles. The Kier molecular flexibility index (Phi) is 3.90. The molecule has 1 amide bonds. The molecule has 2 unspecified atom stereocenters. The summed E-state index contributed by atoms with van der Waals surface area (Å²) in [6.07, 6.45) is 2.88. The summed E-state index contributed by atoms with van der Waals surface area (Å²) in [7, 11) is 0. The molecule has 0 aromatic carbocycles. The van der Waals surface area contributed by atoms with Gasteiger partial charge < -0.3 is 20.1 Å². The van der Waals surface area contributed by atoms with Crippen molar-refractivity contribution in [3.8, 4) is 0 Å². The third-order valence-electron chi connectivity index (χ3n) is 3.50. The number of aryl methyl sites for hydroxylation is 1. The van der Waals surface area contributed by atoms with Crippen LogP contribution in [0.5, 0.6) is 0 Å². The summed E-state index contributed by atoms with van der Waals surface area (Å²) >= 11 is 0. The maximum atomic E-state index is 12.2. The van der Waals surface area contributed by atoms with Crippen LogP contribution in [0.3, 0.4) is 0 Å². The molecule has 2 heterocycles. The van der Waals surface area contributed by atoms with E-state index in [0.717, 1.165) is 6.42 Å². The number of ether oxygens (including phenoxy) is 1. The second-order valence-corrected chi connectivity index (χ2v) is 4.71. The van der Waals surface area contributed by atoms with Gasteiger partial charge in [-0.05, 0) is 19.8 Å². The van der Waals surface area contributed by atoms with E-state index < -0.39 is 5.97 Å². The van der Waals surface area contributed by atoms with Gasteiger partial charge in [-0.3, -0.25) is 4.79 Å². The highest BCUT2D eigenvalue weighted by molar-refractivity contribution is 6.02. The van der Waals surface area contributed by atoms with Gasteiger partial charge in [0.1, 0.15) is 5.56 Å². The summed E-state index contributed by atoms with van der Waals surface area (Å²) in [6.45, 7) is 4.21. The Hall–Kier alpha value is -1.82. The number of nitrogens with one attached hydrogen (secondary N) is 2. The summed E-state index contributed by atoms with van der Waals surface area (Å²) in [5, 5.41) is 11.8. The molecular weight excluding hydrogens is 248 g/mol. The Morgan fingerprint density at radius 2 is 2.32 bits per heavy atom. The molecule has 2 rings (SSSR count). The van der Waals surface area contributed by atoms with Crippen molar-refractivity contribution in [2.75, 3.05) is 11.9 Å². The van der Waals surface area contributed by atoms with Crippen LogP contribution in [-0.4, -0.2) is 34.7 Å². The highest BCUT2D eigenvalue weighted by atomic mass is 16.5. The van der Waals surface area contributed by atoms with Gasteiger partial charge in [-0.1, -0.05) is 6.92 Å². The molecule has 1 aliphatic rings. The van der Waals surface area contributed by atoms with Gasteiger partial charge in [0.25, 0.3) is 0 Å². The van der Waals surface area contributed by atoms with Crippen LogP contribution >= 0.6 is 0 Å². The number of aromatic amines is 1. The monoisotopic (exact) mass is 266 g/mol. The lowest BCUT2D eigenvalue weighted by atomic mass is 9.98. The number of aromatic carboxylic acids is 1. The zero-order chi connectivity index (χ0) is 14.0. The van der Waals surface area contributed by atoms with E-state index >= 15 is 0 Å². The van der Waals surface area contributed by atoms with Crippen LogP contribution in [0.2, 0.25) is 0 Å². The Balaban J connectivity index is 2.13. The maximum absolute atomic E-state index is 12.2. The van der Waals surface area contributed by atoms with E-state index in [1.807, 2.05) is 6.92 Å². The van der Waals surface area contributed by atoms with E-state index in [2.05, 4.69) is 10.3 Å². The van der Waals surface area contributed by atoms with E-state index in [-0.39, 0.29) is 23.5 Å². The first kappa shape index (κ1) is 13.6. The summed E-state index contributed by atoms with van der Waals surface area (Å²) in [5.41, 5.74) is 0.953. The predicted molar refractivity (Wildman–Crippen MR) is 69.3 cm³/mol. The third kappa shape index (κ3) is 2.63. The van der Waals surface area contributed by atoms with Crippen LogP contribution in [0, 0.1) is 12.8 Å². The van der Waals surface area contributed by atoms with Gasteiger partial charge in [0.15, 0.2) is 0 Å². The maximum Gasteiger partial charge on any atom is 0.339 e. The minimum Gasteiger partial charge on any atom is -0.478 e. The lowest BCUT2D eigenvalue weighted by molar-refractivity contribution is -0.121. The van der Waals surface area contributed by atoms with Gasteiger partial charge in [0, 0.05) is 18.5 Å². The van der Waals surface area contributed by atoms with Crippen molar-refractivity contribution >= 4 is 17.6 Å². The SMILES string of the molecule is CCC1OCCC1C(=O)Nc1c[nH]c(C)c1C(=O)O. The highest BCUT2D eigenvalue weighted by Gasteiger charge is 2.33. The van der Waals surface area contributed by atoms with Gasteiger partial charge in [0.05, 0.1) is 17.7 Å². The summed E-state index contributed by atoms with van der Waals surface area (Å²) < 4.78 is 5.47. The van der Waals surface area contributed by atoms with Crippen LogP contribution < -0.4 is 5.32 Å². The second kappa shape index (κ2) is 5.44. The van der Waals surface area contributed by atoms with E-state index in [4.69, 9.17) is 9.84 Å². The highest BCUT2D eigenvalue weighted by Crippen LogP contribution is 2.26. The molecular formula is C13H18N2O4. The number of amides is 1. The number of carbonyl (C=O) groups excluding carboxylic acids is 1. The molecule has 104 valence electrons. The lowest BCUT2D eigenvalue weighted by Crippen LogP contribution is -2.29. The molecule has 1 saturated heterocycles. The zero-order valence-electron chi connectivity index (χ0n) is 11.0. The van der Waals surface area contributed by atoms with E-state index in [1.54, 1.807) is 6.92 Å². The molecule has 6 nitrogen and oxygen atoms in total. The number of carboxylic acid groups (broad SMARTS) is 1. The van der Waals surface area contributed by atoms with Crippen LogP contribution in [0.1, 0.15) is 35.8 Å². The molecule has 2 atom stereocenters. The van der Waals surface area contributed by atoms with Crippen molar-refractivity contribution in [2.45, 2.75) is 32.8 Å². The standard InChI is InChI=1S/C13H18N2O4/c1-3-10-8(4-5-19-10)12(16)15-9-6-14-7(2)11(9)13(17)18/h6,8,10,14H,3-5H2,1-2H3,(H,15,16)(H,17,18). The number of carbonyl (C=O) groups is 2. The average molecular weight is 266 g/mol. The van der Waals surface area contributed by atoms with Crippen molar-refractivity contribution in [1.29, 1.82) is 0 Å². The number of carboxylic acids is 1. The Bertz CT molecular complexity index is 495. The number of anilines is 1. The first-order valence-electron chi connectivity index (χ1n) is 6.38. The van der Waals surface area contributed by atoms with Gasteiger partial charge in [-0.15, -0.1) is 0 Å². The number of aromatic nitrogens is 1. The van der Waals surface area contributed by atoms with E-state index in [0.29, 0.717) is 24.4 Å². The van der Waals surface area contributed by atoms with Gasteiger partial charge >= 0.3 is 5.97 Å². The Labute approximate surface area is 111 Å². The minimum atomic E-state index is -1.05. The number of hydrogen-bond acceptors (Lipinski definition) is 3. The molecule has 0 radical (unpaired) electrons. The fourth-order valence-electron chi connectivity index (χ4n) is 2.48. The summed E-state index contributed by atoms with van der Waals surface area (Å²) in [6, 6.07) is 0. The lowest BCUT2D eigenvalue weighted by Gasteiger charge is -2.16. The summed E-state index contributed by atoms with van der Waals surface area (Å²) in [5.74, 6) is -1.43. The van der Waals surface area contributed by atoms with Crippen LogP contribution in [0.25, 0.3) is 0 Å². The molecule has 0 bridgehead atoms. The average Bonchev–Trinajstić information content (AvgIpc) is 2.95. The largest absolute Gasteiger partial charge is 0.478 e. The van der Waals surface area contributed by atoms with Crippen molar-refractivity contribution in [2.24, 2.45) is 5.92 Å². The zero-order valence-corrected chi connectivity index (χ0v) is 11.0. The Morgan fingerprint density at radius 3 is 2.95 bits per heavy atom. The van der Waals surface area contributed by atoms with Crippen molar-refractivity contribution < 1.29 is 19.4 Å². The van der Waals surface area contributed by atoms with Gasteiger partial charge in [-0.2, -0.15) is 0 Å². The smallest absolute Gasteiger partial charge is 0.339 e. The van der Waals surface area contributed by atoms with Crippen LogP contribution in [0.4, 0.5) is 5.69 Å². The van der Waals surface area contributed by atoms with Gasteiger partial charge in [-0.25, -0.2) is 4.79 Å². The molecule has 3 N–H and O–H groups in total. The van der Waals surface area contributed by atoms with Crippen LogP contribution in [0.15, 0.2) is 6.20 Å². The Morgan fingerprint density at radius 1 is 1.58 bits per heavy atom. The first-order chi connectivity index (χ1) is 9.04. The molecule has 6 heteroatoms. The summed E-state index contributed by atoms with van der Waals surface area (Å²) in [4.78, 5) is 26.1. The topological polar surface area (TPSA) is 91.4 Å². The number of H-pyrrole nitrogens is 1. The molecule has 1 aromatic heterocycles. The van der Waals surface area contributed by atoms with Crippen molar-refractivity contribution in [1.82, 2.24) is 4.98 Å². The normalized spacial score (nSPS) is 22.4. The quantitative estimate of drug-likeness (QED) is 0.774. The number of hydrogen-bond donors (Lipinski definition) is 3.